The molecule has 1 aliphatic heterocycles. The van der Waals surface area contributed by atoms with Gasteiger partial charge < -0.3 is 15.2 Å². The smallest absolute Gasteiger partial charge is 0.328 e. The van der Waals surface area contributed by atoms with Gasteiger partial charge in [-0.2, -0.15) is 13.2 Å². The van der Waals surface area contributed by atoms with Crippen molar-refractivity contribution < 1.29 is 13.2 Å². The van der Waals surface area contributed by atoms with Gasteiger partial charge in [-0.1, -0.05) is 23.9 Å². The van der Waals surface area contributed by atoms with Gasteiger partial charge in [0.05, 0.1) is 5.56 Å². The fourth-order valence-electron chi connectivity index (χ4n) is 5.99. The van der Waals surface area contributed by atoms with E-state index >= 15 is 0 Å². The molecule has 2 N–H and O–H groups in total. The van der Waals surface area contributed by atoms with Gasteiger partial charge in [0, 0.05) is 31.3 Å². The number of hydrogen-bond donors (Lipinski definition) is 1. The summed E-state index contributed by atoms with van der Waals surface area (Å²) in [6, 6.07) is 6.15. The van der Waals surface area contributed by atoms with Crippen molar-refractivity contribution in [2.75, 3.05) is 25.4 Å². The van der Waals surface area contributed by atoms with Crippen molar-refractivity contribution >= 4 is 11.8 Å². The molecule has 2 heterocycles. The summed E-state index contributed by atoms with van der Waals surface area (Å²) in [4.78, 5) is 2.53. The van der Waals surface area contributed by atoms with Crippen LogP contribution in [0.25, 0.3) is 0 Å². The fourth-order valence-corrected chi connectivity index (χ4v) is 6.83. The molecule has 3 aliphatic rings. The minimum Gasteiger partial charge on any atom is -0.328 e. The molecule has 2 aromatic rings. The Morgan fingerprint density at radius 1 is 1.12 bits per heavy atom. The molecule has 0 amide bonds. The number of rotatable bonds is 7. The van der Waals surface area contributed by atoms with Crippen LogP contribution in [-0.2, 0) is 13.2 Å². The molecule has 1 saturated heterocycles. The number of aromatic nitrogens is 3. The Labute approximate surface area is 203 Å². The second-order valence-corrected chi connectivity index (χ2v) is 11.5. The lowest BCUT2D eigenvalue weighted by Gasteiger charge is -2.25. The topological polar surface area (TPSA) is 60.0 Å². The third-order valence-electron chi connectivity index (χ3n) is 8.15. The molecule has 3 fully saturated rings. The van der Waals surface area contributed by atoms with E-state index in [1.807, 2.05) is 0 Å². The molecule has 0 radical (unpaired) electrons. The van der Waals surface area contributed by atoms with Gasteiger partial charge in [0.2, 0.25) is 0 Å². The van der Waals surface area contributed by atoms with Crippen LogP contribution in [0.2, 0.25) is 0 Å². The molecular weight excluding hydrogens is 459 g/mol. The summed E-state index contributed by atoms with van der Waals surface area (Å²) in [5.41, 5.74) is 6.81. The molecule has 1 unspecified atom stereocenters. The summed E-state index contributed by atoms with van der Waals surface area (Å²) in [7, 11) is 2.07. The number of likely N-dealkylation sites (tertiary alicyclic amines) is 1. The molecule has 1 spiro atoms. The first-order chi connectivity index (χ1) is 16.2. The highest BCUT2D eigenvalue weighted by Crippen LogP contribution is 2.64. The van der Waals surface area contributed by atoms with Gasteiger partial charge >= 0.3 is 6.18 Å². The first kappa shape index (κ1) is 24.1. The van der Waals surface area contributed by atoms with E-state index < -0.39 is 11.7 Å². The van der Waals surface area contributed by atoms with E-state index in [-0.39, 0.29) is 5.41 Å². The van der Waals surface area contributed by atoms with Crippen molar-refractivity contribution in [1.82, 2.24) is 19.7 Å². The second kappa shape index (κ2) is 9.47. The maximum Gasteiger partial charge on any atom is 0.416 e. The van der Waals surface area contributed by atoms with Crippen LogP contribution in [-0.4, -0.2) is 51.1 Å². The number of halogens is 3. The van der Waals surface area contributed by atoms with E-state index in [0.29, 0.717) is 17.9 Å². The number of thioether (sulfide) groups is 1. The highest BCUT2D eigenvalue weighted by atomic mass is 32.2. The molecule has 2 saturated carbocycles. The molecule has 2 atom stereocenters. The first-order valence-electron chi connectivity index (χ1n) is 12.4. The average Bonchev–Trinajstić information content (AvgIpc) is 3.16. The Balaban J connectivity index is 1.06. The fraction of sp³-hybridized carbons (Fsp3) is 0.680. The SMILES string of the molecule is Cn1c(SCCCN2CC[C@]3(CC3c3ccc(C(F)(F)F)cc3)C2)nnc1C1CCC(N)CC1. The zero-order valence-corrected chi connectivity index (χ0v) is 20.5. The predicted octanol–water partition coefficient (Wildman–Crippen LogP) is 5.18. The molecule has 186 valence electrons. The highest BCUT2D eigenvalue weighted by Gasteiger charge is 2.57. The van der Waals surface area contributed by atoms with E-state index in [9.17, 15) is 13.2 Å². The molecular formula is C25H34F3N5S. The number of nitrogens with two attached hydrogens (primary N) is 1. The lowest BCUT2D eigenvalue weighted by atomic mass is 9.86. The van der Waals surface area contributed by atoms with E-state index in [0.717, 1.165) is 86.9 Å². The van der Waals surface area contributed by atoms with Crippen LogP contribution in [0, 0.1) is 5.41 Å². The van der Waals surface area contributed by atoms with Gasteiger partial charge in [0.25, 0.3) is 0 Å². The molecule has 9 heteroatoms. The van der Waals surface area contributed by atoms with E-state index in [2.05, 4.69) is 26.7 Å². The Morgan fingerprint density at radius 2 is 1.85 bits per heavy atom. The zero-order valence-electron chi connectivity index (χ0n) is 19.7. The zero-order chi connectivity index (χ0) is 23.9. The summed E-state index contributed by atoms with van der Waals surface area (Å²) >= 11 is 1.78. The Hall–Kier alpha value is -1.58. The highest BCUT2D eigenvalue weighted by molar-refractivity contribution is 7.99. The van der Waals surface area contributed by atoms with Crippen molar-refractivity contribution in [3.63, 3.8) is 0 Å². The standard InChI is InChI=1S/C25H34F3N5S/c1-32-22(18-5-9-20(29)10-6-18)30-31-23(32)34-14-2-12-33-13-11-24(16-33)15-21(24)17-3-7-19(8-4-17)25(26,27)28/h3-4,7-8,18,20-21H,2,5-6,9-16,29H2,1H3/t18?,20?,21?,24-/m0/s1. The molecule has 5 rings (SSSR count). The molecule has 1 aromatic carbocycles. The normalized spacial score (nSPS) is 29.7. The van der Waals surface area contributed by atoms with E-state index in [1.54, 1.807) is 23.9 Å². The summed E-state index contributed by atoms with van der Waals surface area (Å²) in [6.07, 6.45) is 3.39. The Kier molecular flexibility index (Phi) is 6.72. The van der Waals surface area contributed by atoms with Gasteiger partial charge in [0.1, 0.15) is 5.82 Å². The monoisotopic (exact) mass is 493 g/mol. The van der Waals surface area contributed by atoms with Crippen LogP contribution in [0.15, 0.2) is 29.4 Å². The summed E-state index contributed by atoms with van der Waals surface area (Å²) < 4.78 is 40.7. The van der Waals surface area contributed by atoms with Gasteiger partial charge in [-0.05, 0) is 87.1 Å². The quantitative estimate of drug-likeness (QED) is 0.425. The molecule has 1 aromatic heterocycles. The first-order valence-corrected chi connectivity index (χ1v) is 13.4. The minimum absolute atomic E-state index is 0.272. The third-order valence-corrected chi connectivity index (χ3v) is 9.26. The second-order valence-electron chi connectivity index (χ2n) is 10.5. The lowest BCUT2D eigenvalue weighted by Crippen LogP contribution is -2.26. The van der Waals surface area contributed by atoms with Crippen LogP contribution in [0.4, 0.5) is 13.2 Å². The van der Waals surface area contributed by atoms with Crippen LogP contribution < -0.4 is 5.73 Å². The number of nitrogens with zero attached hydrogens (tertiary/aromatic N) is 4. The molecule has 5 nitrogen and oxygen atoms in total. The largest absolute Gasteiger partial charge is 0.416 e. The van der Waals surface area contributed by atoms with Crippen molar-refractivity contribution in [1.29, 1.82) is 0 Å². The molecule has 34 heavy (non-hydrogen) atoms. The van der Waals surface area contributed by atoms with E-state index in [4.69, 9.17) is 5.73 Å². The average molecular weight is 494 g/mol. The lowest BCUT2D eigenvalue weighted by molar-refractivity contribution is -0.137. The number of hydrogen-bond acceptors (Lipinski definition) is 5. The van der Waals surface area contributed by atoms with Crippen LogP contribution in [0.5, 0.6) is 0 Å². The number of alkyl halides is 3. The van der Waals surface area contributed by atoms with Gasteiger partial charge in [0.15, 0.2) is 5.16 Å². The maximum absolute atomic E-state index is 12.8. The molecule has 0 bridgehead atoms. The van der Waals surface area contributed by atoms with E-state index in [1.165, 1.54) is 12.1 Å². The minimum atomic E-state index is -4.27. The van der Waals surface area contributed by atoms with Crippen LogP contribution in [0.3, 0.4) is 0 Å². The summed E-state index contributed by atoms with van der Waals surface area (Å²) in [5, 5.41) is 9.91. The van der Waals surface area contributed by atoms with Gasteiger partial charge in [-0.15, -0.1) is 10.2 Å². The number of benzene rings is 1. The van der Waals surface area contributed by atoms with Crippen LogP contribution >= 0.6 is 11.8 Å². The Morgan fingerprint density at radius 3 is 2.56 bits per heavy atom. The Bertz CT molecular complexity index is 983. The van der Waals surface area contributed by atoms with Gasteiger partial charge in [-0.25, -0.2) is 0 Å². The van der Waals surface area contributed by atoms with Crippen LogP contribution in [0.1, 0.15) is 73.7 Å². The third kappa shape index (κ3) is 5.02. The summed E-state index contributed by atoms with van der Waals surface area (Å²) in [5.74, 6) is 2.98. The van der Waals surface area contributed by atoms with Crippen molar-refractivity contribution in [3.05, 3.63) is 41.2 Å². The maximum atomic E-state index is 12.8. The molecule has 2 aliphatic carbocycles. The van der Waals surface area contributed by atoms with Crippen molar-refractivity contribution in [3.8, 4) is 0 Å². The van der Waals surface area contributed by atoms with Crippen molar-refractivity contribution in [2.24, 2.45) is 18.2 Å². The van der Waals surface area contributed by atoms with Crippen molar-refractivity contribution in [2.45, 2.75) is 74.2 Å². The predicted molar refractivity (Wildman–Crippen MR) is 128 cm³/mol. The van der Waals surface area contributed by atoms with Gasteiger partial charge in [-0.3, -0.25) is 0 Å². The summed E-state index contributed by atoms with van der Waals surface area (Å²) in [6.45, 7) is 3.20.